The number of amides is 1. The van der Waals surface area contributed by atoms with Gasteiger partial charge in [0.15, 0.2) is 6.29 Å². The molecule has 0 spiro atoms. The van der Waals surface area contributed by atoms with Crippen molar-refractivity contribution in [2.24, 2.45) is 0 Å². The lowest BCUT2D eigenvalue weighted by Gasteiger charge is -2.29. The first-order valence-corrected chi connectivity index (χ1v) is 8.61. The highest BCUT2D eigenvalue weighted by Crippen LogP contribution is 2.16. The Hall–Kier alpha value is -1.91. The molecule has 0 saturated carbocycles. The van der Waals surface area contributed by atoms with Crippen LogP contribution in [0.3, 0.4) is 0 Å². The van der Waals surface area contributed by atoms with Crippen molar-refractivity contribution in [2.75, 3.05) is 13.1 Å². The Kier molecular flexibility index (Phi) is 7.89. The number of carbonyl (C=O) groups excluding carboxylic acids is 2. The van der Waals surface area contributed by atoms with Gasteiger partial charge in [0.05, 0.1) is 0 Å². The third-order valence-electron chi connectivity index (χ3n) is 3.64. The first kappa shape index (κ1) is 20.1. The maximum absolute atomic E-state index is 11.5. The van der Waals surface area contributed by atoms with E-state index in [1.807, 2.05) is 26.8 Å². The van der Waals surface area contributed by atoms with Crippen LogP contribution in [-0.4, -0.2) is 41.0 Å². The molecular weight excluding hydrogens is 304 g/mol. The second-order valence-electron chi connectivity index (χ2n) is 7.31. The summed E-state index contributed by atoms with van der Waals surface area (Å²) in [4.78, 5) is 27.7. The summed E-state index contributed by atoms with van der Waals surface area (Å²) in [7, 11) is 0. The Bertz CT molecular complexity index is 530. The number of aromatic nitrogens is 1. The minimum Gasteiger partial charge on any atom is -0.444 e. The van der Waals surface area contributed by atoms with E-state index in [9.17, 15) is 9.59 Å². The highest BCUT2D eigenvalue weighted by Gasteiger charge is 2.22. The Morgan fingerprint density at radius 3 is 2.33 bits per heavy atom. The Morgan fingerprint density at radius 2 is 1.88 bits per heavy atom. The minimum absolute atomic E-state index is 0.160. The summed E-state index contributed by atoms with van der Waals surface area (Å²) in [5, 5.41) is 0. The number of hydrogen-bond donors (Lipinski definition) is 0. The zero-order chi connectivity index (χ0) is 18.2. The lowest BCUT2D eigenvalue weighted by molar-refractivity contribution is 0.0216. The van der Waals surface area contributed by atoms with Crippen LogP contribution < -0.4 is 0 Å². The Labute approximate surface area is 145 Å². The van der Waals surface area contributed by atoms with Crippen LogP contribution in [0.4, 0.5) is 4.79 Å². The maximum Gasteiger partial charge on any atom is 0.410 e. The molecule has 1 aromatic heterocycles. The number of piperidine rings is 1. The monoisotopic (exact) mass is 334 g/mol. The van der Waals surface area contributed by atoms with Crippen molar-refractivity contribution in [3.8, 4) is 0 Å². The molecule has 24 heavy (non-hydrogen) atoms. The molecule has 0 bridgehead atoms. The number of ether oxygens (including phenoxy) is 1. The predicted molar refractivity (Wildman–Crippen MR) is 95.4 cm³/mol. The standard InChI is InChI=1S/C10H19NO2.C9H11NO/c1-10(2,3)13-9(12)11-7-5-4-6-8-11;1-7(2)9-3-4-10-5-8(9)6-11/h4-8H2,1-3H3;3-7H,1-2H3. The van der Waals surface area contributed by atoms with Crippen molar-refractivity contribution in [3.63, 3.8) is 0 Å². The van der Waals surface area contributed by atoms with Crippen LogP contribution >= 0.6 is 0 Å². The number of likely N-dealkylation sites (tertiary alicyclic amines) is 1. The van der Waals surface area contributed by atoms with E-state index in [2.05, 4.69) is 18.8 Å². The molecule has 134 valence electrons. The number of carbonyl (C=O) groups is 2. The van der Waals surface area contributed by atoms with Gasteiger partial charge in [-0.25, -0.2) is 4.79 Å². The first-order valence-electron chi connectivity index (χ1n) is 8.61. The fourth-order valence-corrected chi connectivity index (χ4v) is 2.44. The molecule has 1 amide bonds. The van der Waals surface area contributed by atoms with Gasteiger partial charge in [-0.15, -0.1) is 0 Å². The molecule has 1 fully saturated rings. The van der Waals surface area contributed by atoms with E-state index in [0.717, 1.165) is 37.8 Å². The van der Waals surface area contributed by atoms with Crippen molar-refractivity contribution in [2.45, 2.75) is 65.4 Å². The fraction of sp³-hybridized carbons (Fsp3) is 0.632. The van der Waals surface area contributed by atoms with E-state index >= 15 is 0 Å². The summed E-state index contributed by atoms with van der Waals surface area (Å²) in [6, 6.07) is 1.88. The molecule has 0 N–H and O–H groups in total. The summed E-state index contributed by atoms with van der Waals surface area (Å²) in [6.07, 6.45) is 7.46. The van der Waals surface area contributed by atoms with Crippen molar-refractivity contribution in [3.05, 3.63) is 29.6 Å². The van der Waals surface area contributed by atoms with Gasteiger partial charge in [-0.05, 0) is 57.6 Å². The summed E-state index contributed by atoms with van der Waals surface area (Å²) < 4.78 is 5.26. The van der Waals surface area contributed by atoms with Crippen LogP contribution in [0, 0.1) is 0 Å². The number of nitrogens with zero attached hydrogens (tertiary/aromatic N) is 2. The second-order valence-corrected chi connectivity index (χ2v) is 7.31. The minimum atomic E-state index is -0.367. The van der Waals surface area contributed by atoms with E-state index < -0.39 is 0 Å². The molecule has 0 radical (unpaired) electrons. The van der Waals surface area contributed by atoms with Gasteiger partial charge in [0.1, 0.15) is 5.60 Å². The quantitative estimate of drug-likeness (QED) is 0.751. The molecule has 5 nitrogen and oxygen atoms in total. The van der Waals surface area contributed by atoms with Gasteiger partial charge in [0, 0.05) is 31.0 Å². The highest BCUT2D eigenvalue weighted by atomic mass is 16.6. The zero-order valence-electron chi connectivity index (χ0n) is 15.5. The van der Waals surface area contributed by atoms with Gasteiger partial charge in [0.25, 0.3) is 0 Å². The third kappa shape index (κ3) is 7.11. The van der Waals surface area contributed by atoms with Crippen molar-refractivity contribution in [1.82, 2.24) is 9.88 Å². The summed E-state index contributed by atoms with van der Waals surface area (Å²) in [5.41, 5.74) is 1.40. The Balaban J connectivity index is 0.000000243. The number of hydrogen-bond acceptors (Lipinski definition) is 4. The highest BCUT2D eigenvalue weighted by molar-refractivity contribution is 5.76. The van der Waals surface area contributed by atoms with Crippen LogP contribution in [0.5, 0.6) is 0 Å². The van der Waals surface area contributed by atoms with Crippen LogP contribution in [0.25, 0.3) is 0 Å². The molecule has 0 aliphatic carbocycles. The summed E-state index contributed by atoms with van der Waals surface area (Å²) in [5.74, 6) is 0.387. The Morgan fingerprint density at radius 1 is 1.25 bits per heavy atom. The molecule has 0 atom stereocenters. The summed E-state index contributed by atoms with van der Waals surface area (Å²) >= 11 is 0. The molecule has 2 heterocycles. The number of rotatable bonds is 2. The second kappa shape index (κ2) is 9.40. The van der Waals surface area contributed by atoms with Crippen molar-refractivity contribution in [1.29, 1.82) is 0 Å². The molecule has 1 aromatic rings. The van der Waals surface area contributed by atoms with Crippen LogP contribution in [-0.2, 0) is 4.74 Å². The largest absolute Gasteiger partial charge is 0.444 e. The van der Waals surface area contributed by atoms with Gasteiger partial charge in [-0.2, -0.15) is 0 Å². The molecular formula is C19H30N2O3. The van der Waals surface area contributed by atoms with E-state index in [1.165, 1.54) is 6.42 Å². The van der Waals surface area contributed by atoms with Crippen LogP contribution in [0.15, 0.2) is 18.5 Å². The topological polar surface area (TPSA) is 59.5 Å². The lowest BCUT2D eigenvalue weighted by Crippen LogP contribution is -2.39. The average molecular weight is 334 g/mol. The number of pyridine rings is 1. The molecule has 1 aliphatic rings. The van der Waals surface area contributed by atoms with E-state index in [4.69, 9.17) is 4.74 Å². The fourth-order valence-electron chi connectivity index (χ4n) is 2.44. The van der Waals surface area contributed by atoms with Crippen molar-refractivity contribution >= 4 is 12.4 Å². The molecule has 0 aromatic carbocycles. The van der Waals surface area contributed by atoms with E-state index in [1.54, 1.807) is 17.3 Å². The molecule has 5 heteroatoms. The lowest BCUT2D eigenvalue weighted by atomic mass is 10.0. The number of aldehydes is 1. The van der Waals surface area contributed by atoms with Gasteiger partial charge < -0.3 is 9.64 Å². The van der Waals surface area contributed by atoms with E-state index in [0.29, 0.717) is 11.5 Å². The predicted octanol–water partition coefficient (Wildman–Crippen LogP) is 4.42. The summed E-state index contributed by atoms with van der Waals surface area (Å²) in [6.45, 7) is 11.5. The zero-order valence-corrected chi connectivity index (χ0v) is 15.5. The maximum atomic E-state index is 11.5. The first-order chi connectivity index (χ1) is 11.2. The van der Waals surface area contributed by atoms with Gasteiger partial charge in [-0.1, -0.05) is 13.8 Å². The molecule has 1 saturated heterocycles. The SMILES string of the molecule is CC(C)(C)OC(=O)N1CCCCC1.CC(C)c1ccncc1C=O. The van der Waals surface area contributed by atoms with Gasteiger partial charge >= 0.3 is 6.09 Å². The third-order valence-corrected chi connectivity index (χ3v) is 3.64. The van der Waals surface area contributed by atoms with Crippen LogP contribution in [0.1, 0.15) is 75.7 Å². The smallest absolute Gasteiger partial charge is 0.410 e. The molecule has 0 unspecified atom stereocenters. The average Bonchev–Trinajstić information content (AvgIpc) is 2.54. The molecule has 1 aliphatic heterocycles. The normalized spacial score (nSPS) is 14.7. The molecule has 2 rings (SSSR count). The van der Waals surface area contributed by atoms with Gasteiger partial charge in [-0.3, -0.25) is 9.78 Å². The van der Waals surface area contributed by atoms with E-state index in [-0.39, 0.29) is 11.7 Å². The van der Waals surface area contributed by atoms with Gasteiger partial charge in [0.2, 0.25) is 0 Å². The van der Waals surface area contributed by atoms with Crippen LogP contribution in [0.2, 0.25) is 0 Å². The van der Waals surface area contributed by atoms with Crippen molar-refractivity contribution < 1.29 is 14.3 Å².